The molecule has 3 rings (SSSR count). The van der Waals surface area contributed by atoms with Gasteiger partial charge in [0.15, 0.2) is 0 Å². The first-order chi connectivity index (χ1) is 12.2. The van der Waals surface area contributed by atoms with Gasteiger partial charge in [-0.2, -0.15) is 0 Å². The van der Waals surface area contributed by atoms with Crippen LogP contribution in [0.2, 0.25) is 0 Å². The molecule has 0 unspecified atom stereocenters. The summed E-state index contributed by atoms with van der Waals surface area (Å²) in [7, 11) is 0. The Kier molecular flexibility index (Phi) is 5.63. The van der Waals surface area contributed by atoms with Crippen molar-refractivity contribution in [2.75, 3.05) is 39.3 Å². The molecule has 0 spiro atoms. The van der Waals surface area contributed by atoms with E-state index in [2.05, 4.69) is 4.98 Å². The van der Waals surface area contributed by atoms with Gasteiger partial charge in [0.1, 0.15) is 11.4 Å². The summed E-state index contributed by atoms with van der Waals surface area (Å²) in [5.74, 6) is -0.279. The summed E-state index contributed by atoms with van der Waals surface area (Å²) in [6, 6.07) is 5.04. The largest absolute Gasteiger partial charge is 0.342 e. The van der Waals surface area contributed by atoms with Gasteiger partial charge in [-0.15, -0.1) is 0 Å². The van der Waals surface area contributed by atoms with Crippen LogP contribution in [0, 0.1) is 0 Å². The van der Waals surface area contributed by atoms with Crippen molar-refractivity contribution >= 4 is 18.2 Å². The Morgan fingerprint density at radius 1 is 0.800 bits per heavy atom. The Balaban J connectivity index is 1.69. The number of hydrogen-bond donors (Lipinski definition) is 0. The second-order valence-electron chi connectivity index (χ2n) is 6.55. The van der Waals surface area contributed by atoms with E-state index in [4.69, 9.17) is 0 Å². The van der Waals surface area contributed by atoms with Crippen LogP contribution in [0.4, 0.5) is 0 Å². The molecule has 7 nitrogen and oxygen atoms in total. The highest BCUT2D eigenvalue weighted by Crippen LogP contribution is 2.14. The number of carbonyl (C=O) groups excluding carboxylic acids is 3. The summed E-state index contributed by atoms with van der Waals surface area (Å²) in [6.45, 7) is 3.55. The fraction of sp³-hybridized carbons (Fsp3) is 0.556. The van der Waals surface area contributed by atoms with E-state index in [0.29, 0.717) is 37.6 Å². The minimum Gasteiger partial charge on any atom is -0.342 e. The third-order valence-corrected chi connectivity index (χ3v) is 4.83. The lowest BCUT2D eigenvalue weighted by atomic mass is 10.2. The highest BCUT2D eigenvalue weighted by Gasteiger charge is 2.24. The number of likely N-dealkylation sites (tertiary alicyclic amines) is 1. The number of amides is 3. The second-order valence-corrected chi connectivity index (χ2v) is 6.55. The van der Waals surface area contributed by atoms with E-state index in [1.807, 2.05) is 4.90 Å². The van der Waals surface area contributed by atoms with E-state index in [1.54, 1.807) is 28.0 Å². The van der Waals surface area contributed by atoms with E-state index >= 15 is 0 Å². The minimum absolute atomic E-state index is 0.0951. The lowest BCUT2D eigenvalue weighted by molar-refractivity contribution is -0.119. The normalized spacial score (nSPS) is 18.6. The Bertz CT molecular complexity index is 633. The zero-order valence-electron chi connectivity index (χ0n) is 14.4. The molecule has 0 atom stereocenters. The van der Waals surface area contributed by atoms with E-state index in [0.717, 1.165) is 45.2 Å². The maximum Gasteiger partial charge on any atom is 0.272 e. The molecule has 2 fully saturated rings. The molecule has 0 saturated carbocycles. The number of pyridine rings is 1. The monoisotopic (exact) mass is 344 g/mol. The van der Waals surface area contributed by atoms with Gasteiger partial charge in [-0.25, -0.2) is 4.98 Å². The number of piperazine rings is 1. The minimum atomic E-state index is -0.184. The quantitative estimate of drug-likeness (QED) is 0.767. The maximum absolute atomic E-state index is 12.7. The topological polar surface area (TPSA) is 73.8 Å². The van der Waals surface area contributed by atoms with Gasteiger partial charge in [0, 0.05) is 39.3 Å². The predicted molar refractivity (Wildman–Crippen MR) is 92.1 cm³/mol. The molecule has 7 heteroatoms. The van der Waals surface area contributed by atoms with E-state index in [1.165, 1.54) is 0 Å². The van der Waals surface area contributed by atoms with Crippen molar-refractivity contribution in [3.8, 4) is 0 Å². The van der Waals surface area contributed by atoms with Crippen molar-refractivity contribution < 1.29 is 14.4 Å². The second kappa shape index (κ2) is 8.09. The van der Waals surface area contributed by atoms with Gasteiger partial charge < -0.3 is 14.7 Å². The molecule has 3 amide bonds. The van der Waals surface area contributed by atoms with Crippen LogP contribution in [0.5, 0.6) is 0 Å². The van der Waals surface area contributed by atoms with Crippen molar-refractivity contribution in [1.29, 1.82) is 0 Å². The van der Waals surface area contributed by atoms with Gasteiger partial charge in [-0.3, -0.25) is 14.4 Å². The molecule has 1 aromatic rings. The molecule has 1 aromatic heterocycles. The summed E-state index contributed by atoms with van der Waals surface area (Å²) in [4.78, 5) is 45.6. The van der Waals surface area contributed by atoms with Gasteiger partial charge in [0.2, 0.25) is 6.41 Å². The first-order valence-electron chi connectivity index (χ1n) is 8.94. The SMILES string of the molecule is O=CN1CCN(C(=O)c2cccc(C(=O)N3CCCCCC3)n2)CC1. The molecular formula is C18H24N4O3. The van der Waals surface area contributed by atoms with Crippen LogP contribution in [0.25, 0.3) is 0 Å². The molecule has 2 saturated heterocycles. The molecule has 0 aliphatic carbocycles. The van der Waals surface area contributed by atoms with Crippen LogP contribution >= 0.6 is 0 Å². The van der Waals surface area contributed by atoms with Crippen molar-refractivity contribution in [2.24, 2.45) is 0 Å². The Hall–Kier alpha value is -2.44. The molecule has 3 heterocycles. The van der Waals surface area contributed by atoms with Crippen LogP contribution in [-0.2, 0) is 4.79 Å². The van der Waals surface area contributed by atoms with Crippen molar-refractivity contribution in [1.82, 2.24) is 19.7 Å². The zero-order chi connectivity index (χ0) is 17.6. The Morgan fingerprint density at radius 2 is 1.32 bits per heavy atom. The van der Waals surface area contributed by atoms with Gasteiger partial charge in [-0.1, -0.05) is 18.9 Å². The van der Waals surface area contributed by atoms with Crippen molar-refractivity contribution in [2.45, 2.75) is 25.7 Å². The zero-order valence-corrected chi connectivity index (χ0v) is 14.4. The number of nitrogens with zero attached hydrogens (tertiary/aromatic N) is 4. The lowest BCUT2D eigenvalue weighted by Gasteiger charge is -2.32. The fourth-order valence-electron chi connectivity index (χ4n) is 3.30. The van der Waals surface area contributed by atoms with Crippen molar-refractivity contribution in [3.63, 3.8) is 0 Å². The van der Waals surface area contributed by atoms with Crippen LogP contribution in [-0.4, -0.2) is 77.2 Å². The smallest absolute Gasteiger partial charge is 0.272 e. The van der Waals surface area contributed by atoms with E-state index in [9.17, 15) is 14.4 Å². The average Bonchev–Trinajstić information content (AvgIpc) is 2.96. The van der Waals surface area contributed by atoms with Crippen molar-refractivity contribution in [3.05, 3.63) is 29.6 Å². The molecule has 2 aliphatic heterocycles. The maximum atomic E-state index is 12.7. The molecule has 134 valence electrons. The Labute approximate surface area is 147 Å². The standard InChI is InChI=1S/C18H24N4O3/c23-14-20-10-12-22(13-11-20)18(25)16-7-5-6-15(19-16)17(24)21-8-3-1-2-4-9-21/h5-7,14H,1-4,8-13H2. The summed E-state index contributed by atoms with van der Waals surface area (Å²) in [6.07, 6.45) is 5.16. The number of rotatable bonds is 3. The first-order valence-corrected chi connectivity index (χ1v) is 8.94. The third kappa shape index (κ3) is 4.15. The number of carbonyl (C=O) groups is 3. The highest BCUT2D eigenvalue weighted by molar-refractivity contribution is 5.96. The van der Waals surface area contributed by atoms with Crippen LogP contribution < -0.4 is 0 Å². The highest BCUT2D eigenvalue weighted by atomic mass is 16.2. The van der Waals surface area contributed by atoms with E-state index in [-0.39, 0.29) is 11.8 Å². The Morgan fingerprint density at radius 3 is 1.84 bits per heavy atom. The lowest BCUT2D eigenvalue weighted by Crippen LogP contribution is -2.48. The van der Waals surface area contributed by atoms with Gasteiger partial charge in [-0.05, 0) is 25.0 Å². The fourth-order valence-corrected chi connectivity index (χ4v) is 3.30. The molecule has 25 heavy (non-hydrogen) atoms. The molecular weight excluding hydrogens is 320 g/mol. The van der Waals surface area contributed by atoms with Crippen LogP contribution in [0.15, 0.2) is 18.2 Å². The summed E-state index contributed by atoms with van der Waals surface area (Å²) in [5, 5.41) is 0. The number of hydrogen-bond acceptors (Lipinski definition) is 4. The molecule has 0 radical (unpaired) electrons. The number of aromatic nitrogens is 1. The average molecular weight is 344 g/mol. The molecule has 0 bridgehead atoms. The van der Waals surface area contributed by atoms with Crippen LogP contribution in [0.1, 0.15) is 46.7 Å². The van der Waals surface area contributed by atoms with E-state index < -0.39 is 0 Å². The first kappa shape index (κ1) is 17.4. The summed E-state index contributed by atoms with van der Waals surface area (Å²) >= 11 is 0. The van der Waals surface area contributed by atoms with Gasteiger partial charge in [0.25, 0.3) is 11.8 Å². The third-order valence-electron chi connectivity index (χ3n) is 4.83. The molecule has 0 N–H and O–H groups in total. The van der Waals surface area contributed by atoms with Gasteiger partial charge >= 0.3 is 0 Å². The molecule has 0 aromatic carbocycles. The van der Waals surface area contributed by atoms with Crippen LogP contribution in [0.3, 0.4) is 0 Å². The summed E-state index contributed by atoms with van der Waals surface area (Å²) < 4.78 is 0. The summed E-state index contributed by atoms with van der Waals surface area (Å²) in [5.41, 5.74) is 0.625. The predicted octanol–water partition coefficient (Wildman–Crippen LogP) is 1.01. The van der Waals surface area contributed by atoms with Gasteiger partial charge in [0.05, 0.1) is 0 Å². The molecule has 2 aliphatic rings.